The Balaban J connectivity index is 1.57. The number of aromatic nitrogens is 4. The molecule has 0 saturated carbocycles. The van der Waals surface area contributed by atoms with Crippen LogP contribution in [0.25, 0.3) is 28.1 Å². The van der Waals surface area contributed by atoms with E-state index < -0.39 is 6.04 Å². The maximum absolute atomic E-state index is 13.8. The SMILES string of the molecule is CCCCC1=C(c2ccc(-c3ccccc3-c3nn[nH]n3)cc2)C(=O)N2C(=NC(=O)C2CC)N1C. The maximum atomic E-state index is 13.8. The number of aliphatic imine (C=N–C) groups is 1. The van der Waals surface area contributed by atoms with Gasteiger partial charge in [0.15, 0.2) is 0 Å². The van der Waals surface area contributed by atoms with E-state index in [1.54, 1.807) is 4.90 Å². The summed E-state index contributed by atoms with van der Waals surface area (Å²) in [5.41, 5.74) is 5.17. The molecule has 0 bridgehead atoms. The molecule has 0 radical (unpaired) electrons. The van der Waals surface area contributed by atoms with Crippen molar-refractivity contribution in [3.05, 3.63) is 59.8 Å². The van der Waals surface area contributed by atoms with E-state index in [9.17, 15) is 9.59 Å². The molecule has 1 unspecified atom stereocenters. The molecule has 178 valence electrons. The fraction of sp³-hybridized carbons (Fsp3) is 0.308. The van der Waals surface area contributed by atoms with E-state index in [-0.39, 0.29) is 11.8 Å². The number of nitrogens with zero attached hydrogens (tertiary/aromatic N) is 6. The highest BCUT2D eigenvalue weighted by atomic mass is 16.2. The zero-order valence-electron chi connectivity index (χ0n) is 20.0. The fourth-order valence-electron chi connectivity index (χ4n) is 4.78. The van der Waals surface area contributed by atoms with E-state index >= 15 is 0 Å². The van der Waals surface area contributed by atoms with Gasteiger partial charge in [-0.05, 0) is 41.2 Å². The Labute approximate surface area is 203 Å². The topological polar surface area (TPSA) is 107 Å². The Bertz CT molecular complexity index is 1330. The quantitative estimate of drug-likeness (QED) is 0.563. The lowest BCUT2D eigenvalue weighted by Crippen LogP contribution is -2.52. The Morgan fingerprint density at radius 3 is 2.34 bits per heavy atom. The number of hydrogen-bond donors (Lipinski definition) is 1. The molecule has 3 heterocycles. The molecule has 0 spiro atoms. The van der Waals surface area contributed by atoms with Crippen molar-refractivity contribution in [2.75, 3.05) is 7.05 Å². The molecule has 5 rings (SSSR count). The second kappa shape index (κ2) is 9.25. The summed E-state index contributed by atoms with van der Waals surface area (Å²) >= 11 is 0. The summed E-state index contributed by atoms with van der Waals surface area (Å²) < 4.78 is 0. The second-order valence-electron chi connectivity index (χ2n) is 8.69. The predicted octanol–water partition coefficient (Wildman–Crippen LogP) is 3.88. The molecule has 2 aliphatic rings. The number of amides is 2. The van der Waals surface area contributed by atoms with Crippen molar-refractivity contribution >= 4 is 23.3 Å². The molecule has 35 heavy (non-hydrogen) atoms. The summed E-state index contributed by atoms with van der Waals surface area (Å²) in [4.78, 5) is 34.0. The van der Waals surface area contributed by atoms with Crippen LogP contribution in [-0.4, -0.2) is 61.3 Å². The van der Waals surface area contributed by atoms with Crippen LogP contribution in [0.15, 0.2) is 59.2 Å². The number of benzene rings is 2. The van der Waals surface area contributed by atoms with Gasteiger partial charge in [0, 0.05) is 18.3 Å². The zero-order valence-corrected chi connectivity index (χ0v) is 20.0. The number of aromatic amines is 1. The van der Waals surface area contributed by atoms with Crippen LogP contribution >= 0.6 is 0 Å². The van der Waals surface area contributed by atoms with E-state index in [1.165, 1.54) is 0 Å². The molecular weight excluding hydrogens is 442 g/mol. The predicted molar refractivity (Wildman–Crippen MR) is 133 cm³/mol. The van der Waals surface area contributed by atoms with E-state index in [4.69, 9.17) is 0 Å². The Morgan fingerprint density at radius 1 is 0.971 bits per heavy atom. The number of unbranched alkanes of at least 4 members (excludes halogenated alkanes) is 1. The van der Waals surface area contributed by atoms with Gasteiger partial charge in [0.25, 0.3) is 11.8 Å². The summed E-state index contributed by atoms with van der Waals surface area (Å²) in [6.45, 7) is 4.02. The molecule has 2 amide bonds. The summed E-state index contributed by atoms with van der Waals surface area (Å²) in [5, 5.41) is 14.4. The highest BCUT2D eigenvalue weighted by molar-refractivity contribution is 6.30. The van der Waals surface area contributed by atoms with Crippen molar-refractivity contribution in [3.8, 4) is 22.5 Å². The van der Waals surface area contributed by atoms with Crippen LogP contribution in [0, 0.1) is 0 Å². The lowest BCUT2D eigenvalue weighted by atomic mass is 9.93. The van der Waals surface area contributed by atoms with Crippen LogP contribution in [0.4, 0.5) is 0 Å². The third kappa shape index (κ3) is 3.82. The molecule has 0 fully saturated rings. The van der Waals surface area contributed by atoms with Crippen LogP contribution in [0.3, 0.4) is 0 Å². The first-order valence-electron chi connectivity index (χ1n) is 11.9. The molecule has 3 aromatic rings. The number of tetrazole rings is 1. The number of nitrogens with one attached hydrogen (secondary N) is 1. The van der Waals surface area contributed by atoms with Gasteiger partial charge in [0.2, 0.25) is 11.8 Å². The third-order valence-corrected chi connectivity index (χ3v) is 6.60. The Hall–Kier alpha value is -4.14. The lowest BCUT2D eigenvalue weighted by Gasteiger charge is -2.37. The smallest absolute Gasteiger partial charge is 0.272 e. The average Bonchev–Trinajstić information content (AvgIpc) is 3.53. The van der Waals surface area contributed by atoms with Crippen LogP contribution < -0.4 is 0 Å². The van der Waals surface area contributed by atoms with Crippen molar-refractivity contribution < 1.29 is 9.59 Å². The number of carbonyl (C=O) groups excluding carboxylic acids is 2. The number of allylic oxidation sites excluding steroid dienone is 1. The van der Waals surface area contributed by atoms with Crippen LogP contribution in [0.5, 0.6) is 0 Å². The van der Waals surface area contributed by atoms with Gasteiger partial charge in [0.05, 0.1) is 5.57 Å². The minimum absolute atomic E-state index is 0.161. The Morgan fingerprint density at radius 2 is 1.69 bits per heavy atom. The van der Waals surface area contributed by atoms with Gasteiger partial charge in [0.1, 0.15) is 6.04 Å². The molecule has 0 aliphatic carbocycles. The number of guanidine groups is 1. The highest BCUT2D eigenvalue weighted by Gasteiger charge is 2.45. The van der Waals surface area contributed by atoms with Gasteiger partial charge < -0.3 is 4.90 Å². The van der Waals surface area contributed by atoms with Gasteiger partial charge in [-0.15, -0.1) is 10.2 Å². The summed E-state index contributed by atoms with van der Waals surface area (Å²) in [7, 11) is 1.89. The van der Waals surface area contributed by atoms with E-state index in [0.717, 1.165) is 47.2 Å². The number of carbonyl (C=O) groups is 2. The van der Waals surface area contributed by atoms with E-state index in [1.807, 2.05) is 67.4 Å². The van der Waals surface area contributed by atoms with Gasteiger partial charge in [-0.25, -0.2) is 0 Å². The molecule has 9 heteroatoms. The summed E-state index contributed by atoms with van der Waals surface area (Å²) in [6.07, 6.45) is 3.19. The molecule has 1 aromatic heterocycles. The fourth-order valence-corrected chi connectivity index (χ4v) is 4.78. The number of H-pyrrole nitrogens is 1. The van der Waals surface area contributed by atoms with E-state index in [2.05, 4.69) is 32.5 Å². The molecule has 9 nitrogen and oxygen atoms in total. The molecular formula is C26H27N7O2. The molecule has 1 N–H and O–H groups in total. The normalized spacial score (nSPS) is 17.8. The van der Waals surface area contributed by atoms with Gasteiger partial charge in [-0.1, -0.05) is 68.8 Å². The first-order chi connectivity index (χ1) is 17.0. The standard InChI is InChI=1S/C26H27N7O2/c1-4-6-11-21-22(25(35)33-20(5-2)24(34)27-26(33)32(21)3)17-14-12-16(13-15-17)18-9-7-8-10-19(18)23-28-30-31-29-23/h7-10,12-15,20H,4-6,11H2,1-3H3,(H,28,29,30,31). The minimum Gasteiger partial charge on any atom is -0.318 e. The lowest BCUT2D eigenvalue weighted by molar-refractivity contribution is -0.129. The largest absolute Gasteiger partial charge is 0.318 e. The first-order valence-corrected chi connectivity index (χ1v) is 11.9. The average molecular weight is 470 g/mol. The zero-order chi connectivity index (χ0) is 24.5. The van der Waals surface area contributed by atoms with Crippen molar-refractivity contribution in [1.29, 1.82) is 0 Å². The Kier molecular flexibility index (Phi) is 5.98. The second-order valence-corrected chi connectivity index (χ2v) is 8.69. The molecule has 1 atom stereocenters. The van der Waals surface area contributed by atoms with Crippen LogP contribution in [-0.2, 0) is 9.59 Å². The number of hydrogen-bond acceptors (Lipinski definition) is 6. The summed E-state index contributed by atoms with van der Waals surface area (Å²) in [6, 6.07) is 15.3. The van der Waals surface area contributed by atoms with Gasteiger partial charge in [-0.3, -0.25) is 14.5 Å². The third-order valence-electron chi connectivity index (χ3n) is 6.60. The van der Waals surface area contributed by atoms with Crippen LogP contribution in [0.1, 0.15) is 45.1 Å². The molecule has 2 aliphatic heterocycles. The van der Waals surface area contributed by atoms with Crippen molar-refractivity contribution in [2.45, 2.75) is 45.6 Å². The van der Waals surface area contributed by atoms with Gasteiger partial charge in [-0.2, -0.15) is 10.2 Å². The van der Waals surface area contributed by atoms with E-state index in [0.29, 0.717) is 23.8 Å². The van der Waals surface area contributed by atoms with Crippen LogP contribution in [0.2, 0.25) is 0 Å². The molecule has 0 saturated heterocycles. The first kappa shape index (κ1) is 22.6. The summed E-state index contributed by atoms with van der Waals surface area (Å²) in [5.74, 6) is 0.541. The van der Waals surface area contributed by atoms with Crippen molar-refractivity contribution in [3.63, 3.8) is 0 Å². The van der Waals surface area contributed by atoms with Crippen molar-refractivity contribution in [1.82, 2.24) is 30.4 Å². The highest BCUT2D eigenvalue weighted by Crippen LogP contribution is 2.37. The maximum Gasteiger partial charge on any atom is 0.272 e. The van der Waals surface area contributed by atoms with Gasteiger partial charge >= 0.3 is 0 Å². The minimum atomic E-state index is -0.552. The number of rotatable bonds is 7. The monoisotopic (exact) mass is 469 g/mol. The molecule has 2 aromatic carbocycles. The number of fused-ring (bicyclic) bond motifs is 1. The van der Waals surface area contributed by atoms with Crippen molar-refractivity contribution in [2.24, 2.45) is 4.99 Å².